The number of likely N-dealkylation sites (N-methyl/N-ethyl adjacent to an activating group) is 1. The zero-order chi connectivity index (χ0) is 23.2. The molecule has 1 aromatic carbocycles. The maximum Gasteiger partial charge on any atom is 0.410 e. The van der Waals surface area contributed by atoms with Gasteiger partial charge in [0.2, 0.25) is 5.88 Å². The third-order valence-corrected chi connectivity index (χ3v) is 6.47. The van der Waals surface area contributed by atoms with E-state index in [1.165, 1.54) is 22.5 Å². The number of amides is 1. The number of rotatable bonds is 8. The predicted octanol–water partition coefficient (Wildman–Crippen LogP) is 3.85. The second-order valence-corrected chi connectivity index (χ2v) is 9.79. The number of nitrogens with zero attached hydrogens (tertiary/aromatic N) is 3. The lowest BCUT2D eigenvalue weighted by atomic mass is 10.2. The SMILES string of the molecule is CCN(CCN(c1ccc(OC)nc1)S(=O)(=O)c1ccccc1C)C(=O)OC(C)(C)C. The van der Waals surface area contributed by atoms with Gasteiger partial charge in [-0.3, -0.25) is 4.31 Å². The number of hydrogen-bond donors (Lipinski definition) is 0. The number of anilines is 1. The Morgan fingerprint density at radius 3 is 2.29 bits per heavy atom. The molecule has 0 radical (unpaired) electrons. The average Bonchev–Trinajstić information content (AvgIpc) is 2.70. The number of sulfonamides is 1. The van der Waals surface area contributed by atoms with E-state index in [0.717, 1.165) is 0 Å². The molecule has 0 spiro atoms. The Kier molecular flexibility index (Phi) is 7.89. The summed E-state index contributed by atoms with van der Waals surface area (Å²) in [6.45, 7) is 9.51. The van der Waals surface area contributed by atoms with Gasteiger partial charge in [0.05, 0.1) is 30.4 Å². The first-order valence-corrected chi connectivity index (χ1v) is 11.5. The van der Waals surface area contributed by atoms with Crippen LogP contribution in [0.3, 0.4) is 0 Å². The first-order chi connectivity index (χ1) is 14.5. The fraction of sp³-hybridized carbons (Fsp3) is 0.455. The minimum atomic E-state index is -3.90. The van der Waals surface area contributed by atoms with Crippen molar-refractivity contribution in [2.24, 2.45) is 0 Å². The van der Waals surface area contributed by atoms with Crippen LogP contribution >= 0.6 is 0 Å². The summed E-state index contributed by atoms with van der Waals surface area (Å²) in [5, 5.41) is 0. The van der Waals surface area contributed by atoms with Crippen molar-refractivity contribution < 1.29 is 22.7 Å². The van der Waals surface area contributed by atoms with Gasteiger partial charge in [-0.05, 0) is 52.3 Å². The topological polar surface area (TPSA) is 89.0 Å². The lowest BCUT2D eigenvalue weighted by Crippen LogP contribution is -2.43. The molecule has 0 atom stereocenters. The van der Waals surface area contributed by atoms with E-state index in [4.69, 9.17) is 9.47 Å². The van der Waals surface area contributed by atoms with E-state index in [1.54, 1.807) is 64.1 Å². The summed E-state index contributed by atoms with van der Waals surface area (Å²) < 4.78 is 38.9. The van der Waals surface area contributed by atoms with Crippen molar-refractivity contribution in [3.05, 3.63) is 48.2 Å². The van der Waals surface area contributed by atoms with Crippen molar-refractivity contribution in [2.45, 2.75) is 45.1 Å². The maximum absolute atomic E-state index is 13.5. The summed E-state index contributed by atoms with van der Waals surface area (Å²) in [5.41, 5.74) is 0.370. The molecular formula is C22H31N3O5S. The van der Waals surface area contributed by atoms with Gasteiger partial charge in [-0.25, -0.2) is 18.2 Å². The summed E-state index contributed by atoms with van der Waals surface area (Å²) in [4.78, 5) is 18.3. The van der Waals surface area contributed by atoms with Gasteiger partial charge in [0.25, 0.3) is 10.0 Å². The third kappa shape index (κ3) is 6.33. The quantitative estimate of drug-likeness (QED) is 0.608. The zero-order valence-electron chi connectivity index (χ0n) is 19.0. The Morgan fingerprint density at radius 1 is 1.10 bits per heavy atom. The monoisotopic (exact) mass is 449 g/mol. The van der Waals surface area contributed by atoms with E-state index >= 15 is 0 Å². The van der Waals surface area contributed by atoms with Crippen LogP contribution in [0.4, 0.5) is 10.5 Å². The number of benzene rings is 1. The second kappa shape index (κ2) is 10.00. The molecule has 0 saturated heterocycles. The first-order valence-electron chi connectivity index (χ1n) is 10.1. The number of ether oxygens (including phenoxy) is 2. The molecular weight excluding hydrogens is 418 g/mol. The number of pyridine rings is 1. The minimum Gasteiger partial charge on any atom is -0.481 e. The van der Waals surface area contributed by atoms with E-state index in [-0.39, 0.29) is 18.0 Å². The van der Waals surface area contributed by atoms with Crippen LogP contribution in [0.2, 0.25) is 0 Å². The molecule has 8 nitrogen and oxygen atoms in total. The molecule has 2 rings (SSSR count). The van der Waals surface area contributed by atoms with Crippen molar-refractivity contribution in [1.29, 1.82) is 0 Å². The molecule has 1 amide bonds. The molecule has 0 bridgehead atoms. The van der Waals surface area contributed by atoms with Crippen LogP contribution in [-0.2, 0) is 14.8 Å². The summed E-state index contributed by atoms with van der Waals surface area (Å²) >= 11 is 0. The van der Waals surface area contributed by atoms with Crippen LogP contribution in [-0.4, -0.2) is 56.7 Å². The number of aryl methyl sites for hydroxylation is 1. The summed E-state index contributed by atoms with van der Waals surface area (Å²) in [7, 11) is -2.41. The second-order valence-electron chi connectivity index (χ2n) is 7.96. The molecule has 0 unspecified atom stereocenters. The molecule has 1 aromatic heterocycles. The lowest BCUT2D eigenvalue weighted by molar-refractivity contribution is 0.0266. The minimum absolute atomic E-state index is 0.0394. The van der Waals surface area contributed by atoms with Crippen LogP contribution in [0.15, 0.2) is 47.5 Å². The molecule has 9 heteroatoms. The number of carbonyl (C=O) groups is 1. The van der Waals surface area contributed by atoms with Gasteiger partial charge >= 0.3 is 6.09 Å². The number of methoxy groups -OCH3 is 1. The molecule has 0 aliphatic rings. The summed E-state index contributed by atoms with van der Waals surface area (Å²) in [6, 6.07) is 10.0. The highest BCUT2D eigenvalue weighted by atomic mass is 32.2. The van der Waals surface area contributed by atoms with Crippen LogP contribution in [0.1, 0.15) is 33.3 Å². The van der Waals surface area contributed by atoms with Gasteiger partial charge < -0.3 is 14.4 Å². The van der Waals surface area contributed by atoms with Gasteiger partial charge in [0.1, 0.15) is 5.60 Å². The van der Waals surface area contributed by atoms with Crippen LogP contribution in [0.25, 0.3) is 0 Å². The third-order valence-electron chi connectivity index (χ3n) is 4.49. The molecule has 170 valence electrons. The van der Waals surface area contributed by atoms with Gasteiger partial charge in [-0.1, -0.05) is 18.2 Å². The van der Waals surface area contributed by atoms with E-state index in [9.17, 15) is 13.2 Å². The van der Waals surface area contributed by atoms with Gasteiger partial charge in [0.15, 0.2) is 0 Å². The molecule has 0 saturated carbocycles. The molecule has 0 N–H and O–H groups in total. The fourth-order valence-corrected chi connectivity index (χ4v) is 4.58. The highest BCUT2D eigenvalue weighted by molar-refractivity contribution is 7.92. The predicted molar refractivity (Wildman–Crippen MR) is 120 cm³/mol. The molecule has 0 aliphatic carbocycles. The Bertz CT molecular complexity index is 985. The van der Waals surface area contributed by atoms with Gasteiger partial charge in [-0.15, -0.1) is 0 Å². The summed E-state index contributed by atoms with van der Waals surface area (Å²) in [6.07, 6.45) is 0.953. The normalized spacial score (nSPS) is 11.7. The van der Waals surface area contributed by atoms with Crippen LogP contribution < -0.4 is 9.04 Å². The van der Waals surface area contributed by atoms with E-state index in [2.05, 4.69) is 4.98 Å². The van der Waals surface area contributed by atoms with Crippen molar-refractivity contribution in [3.8, 4) is 5.88 Å². The van der Waals surface area contributed by atoms with Gasteiger partial charge in [0, 0.05) is 19.2 Å². The smallest absolute Gasteiger partial charge is 0.410 e. The molecule has 1 heterocycles. The standard InChI is InChI=1S/C22H31N3O5S/c1-7-24(21(26)30-22(3,4)5)14-15-25(18-12-13-20(29-6)23-16-18)31(27,28)19-11-9-8-10-17(19)2/h8-13,16H,7,14-15H2,1-6H3. The molecule has 0 fully saturated rings. The lowest BCUT2D eigenvalue weighted by Gasteiger charge is -2.30. The zero-order valence-corrected chi connectivity index (χ0v) is 19.8. The van der Waals surface area contributed by atoms with Crippen LogP contribution in [0.5, 0.6) is 5.88 Å². The largest absolute Gasteiger partial charge is 0.481 e. The summed E-state index contributed by atoms with van der Waals surface area (Å²) in [5.74, 6) is 0.376. The first kappa shape index (κ1) is 24.5. The molecule has 0 aliphatic heterocycles. The highest BCUT2D eigenvalue weighted by Crippen LogP contribution is 2.26. The van der Waals surface area contributed by atoms with Crippen molar-refractivity contribution in [1.82, 2.24) is 9.88 Å². The number of carbonyl (C=O) groups excluding carboxylic acids is 1. The Balaban J connectivity index is 2.38. The Labute approximate surface area is 184 Å². The van der Waals surface area contributed by atoms with Crippen molar-refractivity contribution in [3.63, 3.8) is 0 Å². The molecule has 2 aromatic rings. The van der Waals surface area contributed by atoms with Crippen LogP contribution in [0, 0.1) is 6.92 Å². The number of aromatic nitrogens is 1. The van der Waals surface area contributed by atoms with Crippen molar-refractivity contribution in [2.75, 3.05) is 31.0 Å². The molecule has 31 heavy (non-hydrogen) atoms. The maximum atomic E-state index is 13.5. The van der Waals surface area contributed by atoms with E-state index in [1.807, 2.05) is 6.92 Å². The highest BCUT2D eigenvalue weighted by Gasteiger charge is 2.28. The van der Waals surface area contributed by atoms with Crippen molar-refractivity contribution >= 4 is 21.8 Å². The van der Waals surface area contributed by atoms with E-state index < -0.39 is 21.7 Å². The van der Waals surface area contributed by atoms with Gasteiger partial charge in [-0.2, -0.15) is 0 Å². The number of hydrogen-bond acceptors (Lipinski definition) is 6. The van der Waals surface area contributed by atoms with E-state index in [0.29, 0.717) is 23.7 Å². The Hall–Kier alpha value is -2.81. The Morgan fingerprint density at radius 2 is 1.77 bits per heavy atom. The fourth-order valence-electron chi connectivity index (χ4n) is 2.91. The average molecular weight is 450 g/mol.